The average molecular weight is 359 g/mol. The summed E-state index contributed by atoms with van der Waals surface area (Å²) in [6.45, 7) is 0. The molecular formula is C18H15ClN2O2S. The van der Waals surface area contributed by atoms with Crippen LogP contribution < -0.4 is 4.72 Å². The van der Waals surface area contributed by atoms with Crippen molar-refractivity contribution in [1.29, 1.82) is 0 Å². The second-order valence-corrected chi connectivity index (χ2v) is 7.29. The third kappa shape index (κ3) is 3.82. The van der Waals surface area contributed by atoms with Crippen molar-refractivity contribution in [3.63, 3.8) is 0 Å². The fourth-order valence-corrected chi connectivity index (χ4v) is 3.63. The largest absolute Gasteiger partial charge is 0.243 e. The topological polar surface area (TPSA) is 59.1 Å². The van der Waals surface area contributed by atoms with Gasteiger partial charge >= 0.3 is 0 Å². The molecule has 6 heteroatoms. The average Bonchev–Trinajstić information content (AvgIpc) is 2.62. The van der Waals surface area contributed by atoms with Crippen LogP contribution in [0, 0.1) is 0 Å². The Hall–Kier alpha value is -2.21. The number of hydrogen-bond acceptors (Lipinski definition) is 3. The molecule has 0 aliphatic heterocycles. The van der Waals surface area contributed by atoms with E-state index in [0.29, 0.717) is 0 Å². The van der Waals surface area contributed by atoms with Crippen LogP contribution in [-0.2, 0) is 10.0 Å². The predicted molar refractivity (Wildman–Crippen MR) is 94.3 cm³/mol. The molecule has 4 nitrogen and oxygen atoms in total. The predicted octanol–water partition coefficient (Wildman–Crippen LogP) is 3.80. The highest BCUT2D eigenvalue weighted by Crippen LogP contribution is 2.24. The van der Waals surface area contributed by atoms with Crippen molar-refractivity contribution in [2.75, 3.05) is 0 Å². The van der Waals surface area contributed by atoms with E-state index in [-0.39, 0.29) is 10.0 Å². The Labute approximate surface area is 146 Å². The molecule has 0 aliphatic carbocycles. The lowest BCUT2D eigenvalue weighted by Crippen LogP contribution is -2.29. The van der Waals surface area contributed by atoms with Gasteiger partial charge in [0.15, 0.2) is 0 Å². The van der Waals surface area contributed by atoms with E-state index < -0.39 is 16.1 Å². The lowest BCUT2D eigenvalue weighted by molar-refractivity contribution is 0.571. The summed E-state index contributed by atoms with van der Waals surface area (Å²) in [5, 5.41) is 0.247. The molecule has 0 radical (unpaired) electrons. The fraction of sp³-hybridized carbons (Fsp3) is 0.0556. The summed E-state index contributed by atoms with van der Waals surface area (Å²) >= 11 is 5.73. The van der Waals surface area contributed by atoms with Crippen LogP contribution in [0.1, 0.15) is 17.2 Å². The number of hydrogen-bond donors (Lipinski definition) is 1. The van der Waals surface area contributed by atoms with E-state index in [9.17, 15) is 8.42 Å². The molecule has 0 fully saturated rings. The van der Waals surface area contributed by atoms with Crippen molar-refractivity contribution in [3.8, 4) is 0 Å². The van der Waals surface area contributed by atoms with Crippen molar-refractivity contribution in [1.82, 2.24) is 9.71 Å². The maximum absolute atomic E-state index is 12.7. The number of nitrogens with one attached hydrogen (secondary N) is 1. The first-order valence-corrected chi connectivity index (χ1v) is 9.16. The molecule has 1 heterocycles. The lowest BCUT2D eigenvalue weighted by atomic mass is 10.00. The van der Waals surface area contributed by atoms with Gasteiger partial charge in [-0.2, -0.15) is 4.72 Å². The molecule has 2 aromatic carbocycles. The molecule has 0 spiro atoms. The highest BCUT2D eigenvalue weighted by Gasteiger charge is 2.23. The van der Waals surface area contributed by atoms with Crippen molar-refractivity contribution < 1.29 is 8.42 Å². The summed E-state index contributed by atoms with van der Waals surface area (Å²) in [4.78, 5) is 3.92. The first-order valence-electron chi connectivity index (χ1n) is 7.30. The Morgan fingerprint density at radius 1 is 0.833 bits per heavy atom. The first-order chi connectivity index (χ1) is 11.6. The minimum Gasteiger partial charge on any atom is -0.243 e. The highest BCUT2D eigenvalue weighted by molar-refractivity contribution is 7.89. The van der Waals surface area contributed by atoms with E-state index in [4.69, 9.17) is 11.6 Å². The maximum Gasteiger partial charge on any atom is 0.242 e. The van der Waals surface area contributed by atoms with Gasteiger partial charge in [-0.25, -0.2) is 13.4 Å². The molecule has 0 unspecified atom stereocenters. The van der Waals surface area contributed by atoms with Crippen LogP contribution >= 0.6 is 11.6 Å². The summed E-state index contributed by atoms with van der Waals surface area (Å²) in [7, 11) is -3.74. The van der Waals surface area contributed by atoms with Gasteiger partial charge in [-0.3, -0.25) is 0 Å². The molecule has 3 aromatic rings. The maximum atomic E-state index is 12.7. The van der Waals surface area contributed by atoms with Gasteiger partial charge in [0.05, 0.1) is 6.04 Å². The van der Waals surface area contributed by atoms with E-state index in [0.717, 1.165) is 11.1 Å². The molecule has 0 bridgehead atoms. The lowest BCUT2D eigenvalue weighted by Gasteiger charge is -2.19. The van der Waals surface area contributed by atoms with Crippen molar-refractivity contribution in [3.05, 3.63) is 95.3 Å². The SMILES string of the molecule is O=S(=O)(NC(c1ccccc1)c1ccccc1)c1ccc(Cl)nc1. The van der Waals surface area contributed by atoms with Crippen molar-refractivity contribution in [2.45, 2.75) is 10.9 Å². The van der Waals surface area contributed by atoms with E-state index in [1.54, 1.807) is 0 Å². The molecule has 0 saturated carbocycles. The molecule has 0 saturated heterocycles. The van der Waals surface area contributed by atoms with Crippen LogP contribution in [0.2, 0.25) is 5.15 Å². The Morgan fingerprint density at radius 2 is 1.38 bits per heavy atom. The van der Waals surface area contributed by atoms with Crippen molar-refractivity contribution >= 4 is 21.6 Å². The van der Waals surface area contributed by atoms with Gasteiger partial charge in [0.2, 0.25) is 10.0 Å². The summed E-state index contributed by atoms with van der Waals surface area (Å²) in [6, 6.07) is 21.3. The molecule has 122 valence electrons. The van der Waals surface area contributed by atoms with E-state index in [1.165, 1.54) is 18.3 Å². The minimum absolute atomic E-state index is 0.0729. The molecule has 3 rings (SSSR count). The highest BCUT2D eigenvalue weighted by atomic mass is 35.5. The normalized spacial score (nSPS) is 11.6. The van der Waals surface area contributed by atoms with Gasteiger partial charge in [-0.05, 0) is 23.3 Å². The number of nitrogens with zero attached hydrogens (tertiary/aromatic N) is 1. The standard InChI is InChI=1S/C18H15ClN2O2S/c19-17-12-11-16(13-20-17)24(22,23)21-18(14-7-3-1-4-8-14)15-9-5-2-6-10-15/h1-13,18,21H. The Bertz CT molecular complexity index is 859. The third-order valence-corrected chi connectivity index (χ3v) is 5.18. The summed E-state index contributed by atoms with van der Waals surface area (Å²) < 4.78 is 28.2. The summed E-state index contributed by atoms with van der Waals surface area (Å²) in [6.07, 6.45) is 1.25. The number of sulfonamides is 1. The van der Waals surface area contributed by atoms with E-state index in [2.05, 4.69) is 9.71 Å². The van der Waals surface area contributed by atoms with Crippen LogP contribution in [0.3, 0.4) is 0 Å². The van der Waals surface area contributed by atoms with Gasteiger partial charge in [-0.1, -0.05) is 72.3 Å². The molecular weight excluding hydrogens is 344 g/mol. The van der Waals surface area contributed by atoms with Crippen LogP contribution in [0.5, 0.6) is 0 Å². The number of halogens is 1. The van der Waals surface area contributed by atoms with Gasteiger partial charge < -0.3 is 0 Å². The Kier molecular flexibility index (Phi) is 4.94. The van der Waals surface area contributed by atoms with Crippen LogP contribution in [0.4, 0.5) is 0 Å². The zero-order chi connectivity index (χ0) is 17.0. The Morgan fingerprint density at radius 3 is 1.83 bits per heavy atom. The second kappa shape index (κ2) is 7.13. The number of pyridine rings is 1. The van der Waals surface area contributed by atoms with Crippen LogP contribution in [0.25, 0.3) is 0 Å². The van der Waals surface area contributed by atoms with Crippen LogP contribution in [-0.4, -0.2) is 13.4 Å². The van der Waals surface area contributed by atoms with E-state index >= 15 is 0 Å². The van der Waals surface area contributed by atoms with Crippen molar-refractivity contribution in [2.24, 2.45) is 0 Å². The molecule has 24 heavy (non-hydrogen) atoms. The Balaban J connectivity index is 1.99. The summed E-state index contributed by atoms with van der Waals surface area (Å²) in [5.74, 6) is 0. The minimum atomic E-state index is -3.74. The third-order valence-electron chi connectivity index (χ3n) is 3.55. The van der Waals surface area contributed by atoms with Gasteiger partial charge in [0.1, 0.15) is 10.0 Å². The quantitative estimate of drug-likeness (QED) is 0.706. The first kappa shape index (κ1) is 16.6. The molecule has 1 aromatic heterocycles. The number of benzene rings is 2. The fourth-order valence-electron chi connectivity index (χ4n) is 2.36. The monoisotopic (exact) mass is 358 g/mol. The van der Waals surface area contributed by atoms with E-state index in [1.807, 2.05) is 60.7 Å². The molecule has 0 aliphatic rings. The van der Waals surface area contributed by atoms with Gasteiger partial charge in [0.25, 0.3) is 0 Å². The zero-order valence-electron chi connectivity index (χ0n) is 12.6. The van der Waals surface area contributed by atoms with Gasteiger partial charge in [-0.15, -0.1) is 0 Å². The smallest absolute Gasteiger partial charge is 0.242 e. The zero-order valence-corrected chi connectivity index (χ0v) is 14.2. The molecule has 0 amide bonds. The number of rotatable bonds is 5. The van der Waals surface area contributed by atoms with Crippen LogP contribution in [0.15, 0.2) is 83.9 Å². The summed E-state index contributed by atoms with van der Waals surface area (Å²) in [5.41, 5.74) is 1.71. The molecule has 0 atom stereocenters. The second-order valence-electron chi connectivity index (χ2n) is 5.19. The van der Waals surface area contributed by atoms with Gasteiger partial charge in [0, 0.05) is 6.20 Å². The molecule has 1 N–H and O–H groups in total. The number of aromatic nitrogens is 1.